The Morgan fingerprint density at radius 1 is 1.38 bits per heavy atom. The fourth-order valence-corrected chi connectivity index (χ4v) is 2.14. The normalized spacial score (nSPS) is 14.7. The summed E-state index contributed by atoms with van der Waals surface area (Å²) in [5.74, 6) is 1.37. The smallest absolute Gasteiger partial charge is 0.222 e. The molecule has 0 radical (unpaired) electrons. The van der Waals surface area contributed by atoms with Crippen LogP contribution in [0.2, 0.25) is 0 Å². The van der Waals surface area contributed by atoms with Gasteiger partial charge in [0.1, 0.15) is 0 Å². The second-order valence-electron chi connectivity index (χ2n) is 5.97. The highest BCUT2D eigenvalue weighted by molar-refractivity contribution is 5.32. The van der Waals surface area contributed by atoms with Crippen molar-refractivity contribution in [3.8, 4) is 11.6 Å². The Morgan fingerprint density at radius 3 is 2.81 bits per heavy atom. The Hall–Kier alpha value is -1.88. The molecule has 1 aliphatic carbocycles. The Bertz CT molecular complexity index is 616. The van der Waals surface area contributed by atoms with Crippen LogP contribution in [0.15, 0.2) is 24.7 Å². The topological polar surface area (TPSA) is 52.0 Å². The summed E-state index contributed by atoms with van der Waals surface area (Å²) in [6, 6.07) is 3.17. The second kappa shape index (κ2) is 5.85. The minimum atomic E-state index is 0.326. The van der Waals surface area contributed by atoms with Gasteiger partial charge in [-0.25, -0.2) is 4.98 Å². The zero-order valence-electron chi connectivity index (χ0n) is 12.8. The zero-order valence-corrected chi connectivity index (χ0v) is 12.8. The van der Waals surface area contributed by atoms with E-state index in [0.29, 0.717) is 18.0 Å². The molecule has 0 bridgehead atoms. The van der Waals surface area contributed by atoms with E-state index in [4.69, 9.17) is 4.74 Å². The molecule has 1 fully saturated rings. The fourth-order valence-electron chi connectivity index (χ4n) is 2.14. The van der Waals surface area contributed by atoms with Crippen molar-refractivity contribution in [2.45, 2.75) is 52.2 Å². The molecule has 0 amide bonds. The van der Waals surface area contributed by atoms with Crippen LogP contribution in [-0.2, 0) is 6.54 Å². The van der Waals surface area contributed by atoms with E-state index < -0.39 is 0 Å². The Labute approximate surface area is 125 Å². The molecule has 2 aromatic heterocycles. The van der Waals surface area contributed by atoms with Crippen molar-refractivity contribution < 1.29 is 4.74 Å². The van der Waals surface area contributed by atoms with Crippen LogP contribution in [0.1, 0.15) is 43.9 Å². The number of pyridine rings is 1. The van der Waals surface area contributed by atoms with Crippen LogP contribution in [0.3, 0.4) is 0 Å². The Balaban J connectivity index is 1.66. The maximum atomic E-state index is 5.82. The van der Waals surface area contributed by atoms with E-state index >= 15 is 0 Å². The number of aromatic nitrogens is 3. The Morgan fingerprint density at radius 2 is 2.19 bits per heavy atom. The first kappa shape index (κ1) is 14.1. The van der Waals surface area contributed by atoms with E-state index in [-0.39, 0.29) is 0 Å². The number of nitrogens with zero attached hydrogens (tertiary/aromatic N) is 3. The highest BCUT2D eigenvalue weighted by atomic mass is 16.5. The lowest BCUT2D eigenvalue weighted by molar-refractivity contribution is 0.454. The van der Waals surface area contributed by atoms with E-state index in [9.17, 15) is 0 Å². The maximum absolute atomic E-state index is 5.82. The van der Waals surface area contributed by atoms with E-state index in [2.05, 4.69) is 35.3 Å². The first-order chi connectivity index (χ1) is 10.1. The number of aryl methyl sites for hydroxylation is 1. The lowest BCUT2D eigenvalue weighted by atomic mass is 10.2. The van der Waals surface area contributed by atoms with Gasteiger partial charge in [-0.1, -0.05) is 0 Å². The summed E-state index contributed by atoms with van der Waals surface area (Å²) >= 11 is 0. The lowest BCUT2D eigenvalue weighted by Gasteiger charge is -2.08. The van der Waals surface area contributed by atoms with Gasteiger partial charge in [0.15, 0.2) is 5.75 Å². The van der Waals surface area contributed by atoms with Crippen molar-refractivity contribution in [1.29, 1.82) is 0 Å². The van der Waals surface area contributed by atoms with Crippen molar-refractivity contribution in [1.82, 2.24) is 20.1 Å². The van der Waals surface area contributed by atoms with Gasteiger partial charge < -0.3 is 10.1 Å². The molecular formula is C16H22N4O. The number of hydrogen-bond acceptors (Lipinski definition) is 4. The SMILES string of the molecule is Cc1cc(CNC2CC2)cnc1Oc1cnn(C(C)C)c1. The third-order valence-electron chi connectivity index (χ3n) is 3.58. The van der Waals surface area contributed by atoms with E-state index in [0.717, 1.165) is 17.9 Å². The van der Waals surface area contributed by atoms with Crippen molar-refractivity contribution in [2.24, 2.45) is 0 Å². The second-order valence-corrected chi connectivity index (χ2v) is 5.97. The first-order valence-electron chi connectivity index (χ1n) is 7.53. The van der Waals surface area contributed by atoms with Crippen molar-refractivity contribution in [3.63, 3.8) is 0 Å². The van der Waals surface area contributed by atoms with E-state index in [1.807, 2.05) is 24.0 Å². The quantitative estimate of drug-likeness (QED) is 0.886. The average molecular weight is 286 g/mol. The summed E-state index contributed by atoms with van der Waals surface area (Å²) in [6.45, 7) is 7.07. The van der Waals surface area contributed by atoms with Gasteiger partial charge in [0.25, 0.3) is 0 Å². The standard InChI is InChI=1S/C16H22N4O/c1-11(2)20-10-15(9-19-20)21-16-12(3)6-13(8-18-16)7-17-14-4-5-14/h6,8-11,14,17H,4-5,7H2,1-3H3. The van der Waals surface area contributed by atoms with Gasteiger partial charge in [-0.2, -0.15) is 5.10 Å². The summed E-state index contributed by atoms with van der Waals surface area (Å²) in [5.41, 5.74) is 2.24. The molecule has 1 aliphatic rings. The number of nitrogens with one attached hydrogen (secondary N) is 1. The molecule has 5 heteroatoms. The van der Waals surface area contributed by atoms with Crippen LogP contribution in [0, 0.1) is 6.92 Å². The molecule has 3 rings (SSSR count). The highest BCUT2D eigenvalue weighted by Crippen LogP contribution is 2.24. The van der Waals surface area contributed by atoms with Crippen LogP contribution >= 0.6 is 0 Å². The molecule has 5 nitrogen and oxygen atoms in total. The van der Waals surface area contributed by atoms with Gasteiger partial charge in [-0.15, -0.1) is 0 Å². The average Bonchev–Trinajstić information content (AvgIpc) is 3.16. The molecule has 0 spiro atoms. The van der Waals surface area contributed by atoms with Gasteiger partial charge in [0, 0.05) is 30.4 Å². The van der Waals surface area contributed by atoms with Gasteiger partial charge in [0.05, 0.1) is 12.4 Å². The van der Waals surface area contributed by atoms with Gasteiger partial charge in [0.2, 0.25) is 5.88 Å². The molecular weight excluding hydrogens is 264 g/mol. The molecule has 0 unspecified atom stereocenters. The van der Waals surface area contributed by atoms with Crippen LogP contribution < -0.4 is 10.1 Å². The molecule has 1 N–H and O–H groups in total. The van der Waals surface area contributed by atoms with E-state index in [1.165, 1.54) is 18.4 Å². The Kier molecular flexibility index (Phi) is 3.92. The molecule has 0 aromatic carbocycles. The molecule has 2 heterocycles. The van der Waals surface area contributed by atoms with Crippen LogP contribution in [0.4, 0.5) is 0 Å². The third-order valence-corrected chi connectivity index (χ3v) is 3.58. The maximum Gasteiger partial charge on any atom is 0.222 e. The summed E-state index contributed by atoms with van der Waals surface area (Å²) in [5, 5.41) is 7.76. The minimum absolute atomic E-state index is 0.326. The van der Waals surface area contributed by atoms with Gasteiger partial charge >= 0.3 is 0 Å². The molecule has 0 aliphatic heterocycles. The van der Waals surface area contributed by atoms with Crippen LogP contribution in [-0.4, -0.2) is 20.8 Å². The minimum Gasteiger partial charge on any atom is -0.435 e. The number of hydrogen-bond donors (Lipinski definition) is 1. The van der Waals surface area contributed by atoms with Crippen LogP contribution in [0.25, 0.3) is 0 Å². The zero-order chi connectivity index (χ0) is 14.8. The molecule has 0 atom stereocenters. The van der Waals surface area contributed by atoms with Crippen molar-refractivity contribution in [2.75, 3.05) is 0 Å². The summed E-state index contributed by atoms with van der Waals surface area (Å²) < 4.78 is 7.69. The molecule has 21 heavy (non-hydrogen) atoms. The van der Waals surface area contributed by atoms with Crippen LogP contribution in [0.5, 0.6) is 11.6 Å². The summed E-state index contributed by atoms with van der Waals surface area (Å²) in [6.07, 6.45) is 8.10. The van der Waals surface area contributed by atoms with Gasteiger partial charge in [-0.05, 0) is 45.2 Å². The molecule has 112 valence electrons. The van der Waals surface area contributed by atoms with Crippen molar-refractivity contribution in [3.05, 3.63) is 35.8 Å². The summed E-state index contributed by atoms with van der Waals surface area (Å²) in [4.78, 5) is 4.43. The fraction of sp³-hybridized carbons (Fsp3) is 0.500. The highest BCUT2D eigenvalue weighted by Gasteiger charge is 2.20. The predicted octanol–water partition coefficient (Wildman–Crippen LogP) is 3.21. The largest absolute Gasteiger partial charge is 0.435 e. The third kappa shape index (κ3) is 3.61. The number of rotatable bonds is 6. The first-order valence-corrected chi connectivity index (χ1v) is 7.53. The van der Waals surface area contributed by atoms with Crippen molar-refractivity contribution >= 4 is 0 Å². The van der Waals surface area contributed by atoms with E-state index in [1.54, 1.807) is 6.20 Å². The lowest BCUT2D eigenvalue weighted by Crippen LogP contribution is -2.15. The summed E-state index contributed by atoms with van der Waals surface area (Å²) in [7, 11) is 0. The number of ether oxygens (including phenoxy) is 1. The van der Waals surface area contributed by atoms with Gasteiger partial charge in [-0.3, -0.25) is 4.68 Å². The monoisotopic (exact) mass is 286 g/mol. The predicted molar refractivity (Wildman–Crippen MR) is 81.5 cm³/mol. The molecule has 1 saturated carbocycles. The molecule has 2 aromatic rings. The molecule has 0 saturated heterocycles.